The van der Waals surface area contributed by atoms with E-state index in [0.29, 0.717) is 0 Å². The number of fused-ring (bicyclic) bond motifs is 2. The van der Waals surface area contributed by atoms with E-state index in [1.165, 1.54) is 31.4 Å². The molecular weight excluding hydrogens is 572 g/mol. The number of carbonyl (C=O) groups is 4. The summed E-state index contributed by atoms with van der Waals surface area (Å²) in [6.07, 6.45) is 2.98. The minimum atomic E-state index is -4.08. The highest BCUT2D eigenvalue weighted by atomic mass is 32.2. The molecule has 0 radical (unpaired) electrons. The predicted octanol–water partition coefficient (Wildman–Crippen LogP) is 2.87. The van der Waals surface area contributed by atoms with Crippen LogP contribution in [0.5, 0.6) is 0 Å². The first-order valence-corrected chi connectivity index (χ1v) is 14.7. The van der Waals surface area contributed by atoms with Crippen LogP contribution in [0.4, 0.5) is 0 Å². The predicted molar refractivity (Wildman–Crippen MR) is 159 cm³/mol. The van der Waals surface area contributed by atoms with E-state index in [-0.39, 0.29) is 27.8 Å². The Labute approximate surface area is 246 Å². The van der Waals surface area contributed by atoms with Crippen LogP contribution < -0.4 is 10.6 Å². The molecule has 0 bridgehead atoms. The molecule has 2 aromatic heterocycles. The maximum absolute atomic E-state index is 13.4. The summed E-state index contributed by atoms with van der Waals surface area (Å²) in [5.74, 6) is -3.54. The molecule has 0 fully saturated rings. The van der Waals surface area contributed by atoms with Crippen LogP contribution in [-0.2, 0) is 35.6 Å². The summed E-state index contributed by atoms with van der Waals surface area (Å²) >= 11 is 0. The molecule has 2 amide bonds. The van der Waals surface area contributed by atoms with Gasteiger partial charge in [-0.1, -0.05) is 54.1 Å². The summed E-state index contributed by atoms with van der Waals surface area (Å²) in [5, 5.41) is 5.95. The van der Waals surface area contributed by atoms with Gasteiger partial charge >= 0.3 is 5.97 Å². The minimum Gasteiger partial charge on any atom is -0.467 e. The van der Waals surface area contributed by atoms with Crippen LogP contribution >= 0.6 is 0 Å². The number of hydrogen-bond donors (Lipinski definition) is 3. The molecule has 2 heterocycles. The number of para-hydroxylation sites is 2. The van der Waals surface area contributed by atoms with Crippen molar-refractivity contribution in [2.45, 2.75) is 24.3 Å². The Morgan fingerprint density at radius 3 is 2.33 bits per heavy atom. The molecule has 12 heteroatoms. The monoisotopic (exact) mass is 600 g/mol. The third-order valence-corrected chi connectivity index (χ3v) is 8.72. The van der Waals surface area contributed by atoms with Gasteiger partial charge in [-0.05, 0) is 36.8 Å². The van der Waals surface area contributed by atoms with E-state index < -0.39 is 46.2 Å². The number of H-pyrrole nitrogens is 1. The number of hydrogen-bond acceptors (Lipinski definition) is 7. The summed E-state index contributed by atoms with van der Waals surface area (Å²) in [6.45, 7) is 1.22. The molecule has 5 aromatic rings. The van der Waals surface area contributed by atoms with Gasteiger partial charge in [0.05, 0.1) is 29.6 Å². The third-order valence-electron chi connectivity index (χ3n) is 7.04. The van der Waals surface area contributed by atoms with Crippen molar-refractivity contribution >= 4 is 55.4 Å². The Balaban J connectivity index is 1.30. The number of aryl methyl sites for hydroxylation is 1. The molecule has 11 nitrogen and oxygen atoms in total. The smallest absolute Gasteiger partial charge is 0.328 e. The van der Waals surface area contributed by atoms with Crippen LogP contribution in [0.1, 0.15) is 21.5 Å². The van der Waals surface area contributed by atoms with Crippen molar-refractivity contribution < 1.29 is 32.3 Å². The van der Waals surface area contributed by atoms with Gasteiger partial charge in [0.1, 0.15) is 6.04 Å². The van der Waals surface area contributed by atoms with Crippen molar-refractivity contribution in [1.82, 2.24) is 19.6 Å². The number of Topliss-reactive ketones (excluding diaryl/α,β-unsaturated/α-hetero) is 1. The van der Waals surface area contributed by atoms with Gasteiger partial charge in [-0.25, -0.2) is 17.2 Å². The highest BCUT2D eigenvalue weighted by Crippen LogP contribution is 2.27. The van der Waals surface area contributed by atoms with Crippen LogP contribution in [0.25, 0.3) is 21.8 Å². The Morgan fingerprint density at radius 1 is 0.930 bits per heavy atom. The van der Waals surface area contributed by atoms with Crippen LogP contribution in [0.15, 0.2) is 90.1 Å². The number of carbonyl (C=O) groups excluding carboxylic acids is 4. The number of esters is 1. The van der Waals surface area contributed by atoms with Gasteiger partial charge in [-0.3, -0.25) is 14.4 Å². The summed E-state index contributed by atoms with van der Waals surface area (Å²) < 4.78 is 32.6. The summed E-state index contributed by atoms with van der Waals surface area (Å²) in [7, 11) is -2.88. The fourth-order valence-corrected chi connectivity index (χ4v) is 6.19. The molecular formula is C31H28N4O7S. The molecule has 0 aliphatic heterocycles. The van der Waals surface area contributed by atoms with E-state index in [9.17, 15) is 27.6 Å². The maximum atomic E-state index is 13.4. The fraction of sp³-hybridized carbons (Fsp3) is 0.161. The van der Waals surface area contributed by atoms with Gasteiger partial charge in [-0.15, -0.1) is 0 Å². The number of methoxy groups -OCH3 is 1. The number of benzene rings is 3. The van der Waals surface area contributed by atoms with Crippen LogP contribution in [0.3, 0.4) is 0 Å². The molecule has 5 rings (SSSR count). The molecule has 3 N–H and O–H groups in total. The normalized spacial score (nSPS) is 12.1. The van der Waals surface area contributed by atoms with Gasteiger partial charge in [0.2, 0.25) is 5.91 Å². The molecule has 3 aromatic carbocycles. The average Bonchev–Trinajstić information content (AvgIpc) is 3.61. The van der Waals surface area contributed by atoms with Gasteiger partial charge < -0.3 is 20.4 Å². The minimum absolute atomic E-state index is 0.0202. The highest BCUT2D eigenvalue weighted by Gasteiger charge is 2.28. The second kappa shape index (κ2) is 11.9. The zero-order chi connectivity index (χ0) is 30.7. The van der Waals surface area contributed by atoms with Crippen molar-refractivity contribution in [1.29, 1.82) is 0 Å². The standard InChI is InChI=1S/C31H28N4O7S/c1-19-11-13-21(14-12-19)43(40,41)35-18-24(23-8-4-6-10-27(23)35)29(37)30(38)33-17-28(36)34-26(31(39)42-2)15-20-16-32-25-9-5-3-7-22(20)25/h3-14,16,18,26,32H,15,17H2,1-2H3,(H,33,38)(H,34,36)/t26-/m1/s1. The summed E-state index contributed by atoms with van der Waals surface area (Å²) in [4.78, 5) is 54.3. The number of rotatable bonds is 10. The SMILES string of the molecule is COC(=O)[C@@H](Cc1c[nH]c2ccccc12)NC(=O)CNC(=O)C(=O)c1cn(S(=O)(=O)c2ccc(C)cc2)c2ccccc12. The average molecular weight is 601 g/mol. The number of ketones is 1. The lowest BCUT2D eigenvalue weighted by Crippen LogP contribution is -2.47. The Hall–Kier alpha value is -5.23. The van der Waals surface area contributed by atoms with Crippen LogP contribution in [0.2, 0.25) is 0 Å². The molecule has 0 aliphatic carbocycles. The first-order valence-electron chi connectivity index (χ1n) is 13.3. The van der Waals surface area contributed by atoms with Crippen molar-refractivity contribution in [3.63, 3.8) is 0 Å². The van der Waals surface area contributed by atoms with Crippen molar-refractivity contribution in [2.75, 3.05) is 13.7 Å². The largest absolute Gasteiger partial charge is 0.467 e. The second-order valence-corrected chi connectivity index (χ2v) is 11.7. The van der Waals surface area contributed by atoms with Crippen LogP contribution in [-0.4, -0.2) is 60.6 Å². The van der Waals surface area contributed by atoms with Crippen LogP contribution in [0, 0.1) is 6.92 Å². The number of nitrogens with zero attached hydrogens (tertiary/aromatic N) is 1. The molecule has 43 heavy (non-hydrogen) atoms. The van der Waals surface area contributed by atoms with E-state index in [2.05, 4.69) is 15.6 Å². The fourth-order valence-electron chi connectivity index (χ4n) is 4.82. The highest BCUT2D eigenvalue weighted by molar-refractivity contribution is 7.90. The van der Waals surface area contributed by atoms with E-state index >= 15 is 0 Å². The topological polar surface area (TPSA) is 156 Å². The molecule has 0 spiro atoms. The lowest BCUT2D eigenvalue weighted by Gasteiger charge is -2.16. The van der Waals surface area contributed by atoms with Gasteiger partial charge in [0.25, 0.3) is 21.7 Å². The molecule has 0 unspecified atom stereocenters. The second-order valence-electron chi connectivity index (χ2n) is 9.89. The number of aromatic amines is 1. The van der Waals surface area contributed by atoms with Crippen molar-refractivity contribution in [3.05, 3.63) is 102 Å². The Kier molecular flexibility index (Phi) is 8.13. The number of amides is 2. The zero-order valence-electron chi connectivity index (χ0n) is 23.3. The van der Waals surface area contributed by atoms with E-state index in [4.69, 9.17) is 4.74 Å². The Morgan fingerprint density at radius 2 is 1.60 bits per heavy atom. The number of aromatic nitrogens is 2. The number of ether oxygens (including phenoxy) is 1. The third kappa shape index (κ3) is 5.90. The van der Waals surface area contributed by atoms with E-state index in [1.54, 1.807) is 30.5 Å². The molecule has 0 saturated carbocycles. The van der Waals surface area contributed by atoms with Gasteiger partial charge in [0.15, 0.2) is 0 Å². The zero-order valence-corrected chi connectivity index (χ0v) is 24.1. The summed E-state index contributed by atoms with van der Waals surface area (Å²) in [6, 6.07) is 19.0. The number of nitrogens with one attached hydrogen (secondary N) is 3. The molecule has 220 valence electrons. The maximum Gasteiger partial charge on any atom is 0.328 e. The van der Waals surface area contributed by atoms with Gasteiger partial charge in [-0.2, -0.15) is 0 Å². The van der Waals surface area contributed by atoms with Crippen molar-refractivity contribution in [2.24, 2.45) is 0 Å². The first-order chi connectivity index (χ1) is 20.6. The van der Waals surface area contributed by atoms with Gasteiger partial charge in [0, 0.05) is 35.1 Å². The van der Waals surface area contributed by atoms with E-state index in [0.717, 1.165) is 32.2 Å². The first kappa shape index (κ1) is 29.3. The Bertz CT molecular complexity index is 1970. The quantitative estimate of drug-likeness (QED) is 0.126. The molecule has 0 aliphatic rings. The lowest BCUT2D eigenvalue weighted by molar-refractivity contribution is -0.144. The summed E-state index contributed by atoms with van der Waals surface area (Å²) in [5.41, 5.74) is 2.60. The molecule has 0 saturated heterocycles. The van der Waals surface area contributed by atoms with Crippen molar-refractivity contribution in [3.8, 4) is 0 Å². The molecule has 1 atom stereocenters. The van der Waals surface area contributed by atoms with E-state index in [1.807, 2.05) is 31.2 Å². The lowest BCUT2D eigenvalue weighted by atomic mass is 10.0.